The van der Waals surface area contributed by atoms with Crippen LogP contribution in [0.3, 0.4) is 0 Å². The van der Waals surface area contributed by atoms with Crippen molar-refractivity contribution in [2.45, 2.75) is 121 Å². The predicted molar refractivity (Wildman–Crippen MR) is 315 cm³/mol. The molecule has 35 heteroatoms. The maximum absolute atomic E-state index is 12.0. The third-order valence-corrected chi connectivity index (χ3v) is 8.56. The van der Waals surface area contributed by atoms with Gasteiger partial charge in [0.2, 0.25) is 11.8 Å². The number of carbonyl (C=O) groups excluding carboxylic acids is 10. The number of aliphatic hydroxyl groups excluding tert-OH is 2. The number of nitrogens with one attached hydrogen (secondary N) is 3. The van der Waals surface area contributed by atoms with E-state index in [-0.39, 0.29) is 256 Å². The number of esters is 2. The SMILES string of the molecule is CC(O)=CC(=N)N.CCC(=O)CC(=O)OC.CCO.CCO/C(N)=C/C(C)=O.CCOC(=N)CC(C)=O.CCOC(=O)C1=C(N)CC(=O)C=C1CC.CCc1cc(OCc2ccccc2)nc2c1C(=O)NC(=O)C2.Cl.Cl.N.O=CO[O-].O=CO[O-].[H-].[H-].[Na+].[Na+].[Na+].[Na+]. The molecule has 1 aliphatic heterocycles. The van der Waals surface area contributed by atoms with Crippen LogP contribution < -0.4 is 162 Å². The number of hydrogen-bond donors (Lipinski definition) is 9. The van der Waals surface area contributed by atoms with E-state index in [1.807, 2.05) is 44.2 Å². The molecule has 0 saturated heterocycles. The Morgan fingerprint density at radius 1 is 0.787 bits per heavy atom. The number of allylic oxidation sites excluding steroid dienone is 4. The van der Waals surface area contributed by atoms with Crippen molar-refractivity contribution in [2.24, 2.45) is 17.2 Å². The molecule has 29 nitrogen and oxygen atoms in total. The van der Waals surface area contributed by atoms with Crippen LogP contribution in [0.15, 0.2) is 83.1 Å². The van der Waals surface area contributed by atoms with Gasteiger partial charge in [-0.15, -0.1) is 24.8 Å². The molecular formula is C54H86Cl2N8Na4O21. The smallest absolute Gasteiger partial charge is 1.00 e. The van der Waals surface area contributed by atoms with Gasteiger partial charge in [0.15, 0.2) is 23.3 Å². The molecule has 2 heterocycles. The number of Topliss-reactive ketones (excluding diaryl/α,β-unsaturated/α-hetero) is 2. The molecular weight excluding hydrogens is 1260 g/mol. The number of carbonyl (C=O) groups is 10. The van der Waals surface area contributed by atoms with Crippen LogP contribution in [-0.2, 0) is 91.3 Å². The normalized spacial score (nSPS) is 10.5. The minimum Gasteiger partial charge on any atom is -1.00 e. The second-order valence-corrected chi connectivity index (χ2v) is 15.3. The van der Waals surface area contributed by atoms with E-state index in [0.717, 1.165) is 11.1 Å². The molecule has 0 bridgehead atoms. The first-order valence-corrected chi connectivity index (χ1v) is 24.8. The van der Waals surface area contributed by atoms with Gasteiger partial charge in [0.05, 0.1) is 68.8 Å². The number of imide groups is 1. The molecule has 486 valence electrons. The predicted octanol–water partition coefficient (Wildman–Crippen LogP) is -8.47. The van der Waals surface area contributed by atoms with Crippen molar-refractivity contribution in [2.75, 3.05) is 33.5 Å². The maximum atomic E-state index is 12.0. The Bertz CT molecular complexity index is 2480. The molecule has 0 unspecified atom stereocenters. The number of aromatic nitrogens is 1. The molecule has 2 aliphatic rings. The summed E-state index contributed by atoms with van der Waals surface area (Å²) < 4.78 is 24.4. The molecule has 1 aromatic heterocycles. The van der Waals surface area contributed by atoms with Gasteiger partial charge in [0.1, 0.15) is 30.4 Å². The Morgan fingerprint density at radius 2 is 1.28 bits per heavy atom. The zero-order valence-electron chi connectivity index (χ0n) is 55.7. The summed E-state index contributed by atoms with van der Waals surface area (Å²) in [6.45, 7) is 18.4. The molecule has 14 N–H and O–H groups in total. The van der Waals surface area contributed by atoms with Gasteiger partial charge in [0.25, 0.3) is 18.9 Å². The summed E-state index contributed by atoms with van der Waals surface area (Å²) in [5.41, 5.74) is 20.0. The largest absolute Gasteiger partial charge is 1.00 e. The van der Waals surface area contributed by atoms with E-state index < -0.39 is 11.9 Å². The number of ketones is 4. The van der Waals surface area contributed by atoms with Crippen molar-refractivity contribution in [1.29, 1.82) is 10.8 Å². The van der Waals surface area contributed by atoms with E-state index in [4.69, 9.17) is 77.3 Å². The number of amides is 2. The van der Waals surface area contributed by atoms with E-state index in [1.165, 1.54) is 46.1 Å². The molecule has 1 aromatic carbocycles. The van der Waals surface area contributed by atoms with Gasteiger partial charge in [-0.25, -0.2) is 9.78 Å². The van der Waals surface area contributed by atoms with Gasteiger partial charge in [-0.1, -0.05) is 51.1 Å². The summed E-state index contributed by atoms with van der Waals surface area (Å²) in [5, 5.41) is 48.7. The molecule has 0 spiro atoms. The van der Waals surface area contributed by atoms with E-state index in [9.17, 15) is 38.4 Å². The first-order valence-electron chi connectivity index (χ1n) is 24.8. The van der Waals surface area contributed by atoms with Crippen LogP contribution in [0.1, 0.15) is 131 Å². The molecule has 0 saturated carbocycles. The van der Waals surface area contributed by atoms with Crippen molar-refractivity contribution in [3.63, 3.8) is 0 Å². The van der Waals surface area contributed by atoms with Crippen molar-refractivity contribution >= 4 is 96.4 Å². The third kappa shape index (κ3) is 66.1. The summed E-state index contributed by atoms with van der Waals surface area (Å²) in [6.07, 6.45) is 5.81. The minimum absolute atomic E-state index is 0. The van der Waals surface area contributed by atoms with Crippen LogP contribution in [0.5, 0.6) is 5.88 Å². The second kappa shape index (κ2) is 74.1. The Labute approximate surface area is 623 Å². The fourth-order valence-corrected chi connectivity index (χ4v) is 5.49. The third-order valence-electron chi connectivity index (χ3n) is 8.56. The number of nitrogens with zero attached hydrogens (tertiary/aromatic N) is 1. The second-order valence-electron chi connectivity index (χ2n) is 15.3. The van der Waals surface area contributed by atoms with Crippen LogP contribution >= 0.6 is 24.8 Å². The zero-order valence-corrected chi connectivity index (χ0v) is 63.3. The number of methoxy groups -OCH3 is 1. The molecule has 2 amide bonds. The van der Waals surface area contributed by atoms with Gasteiger partial charge in [-0.2, -0.15) is 0 Å². The Hall–Kier alpha value is -4.61. The molecule has 0 radical (unpaired) electrons. The van der Waals surface area contributed by atoms with Gasteiger partial charge in [-0.3, -0.25) is 59.3 Å². The van der Waals surface area contributed by atoms with Crippen molar-refractivity contribution in [3.05, 3.63) is 105 Å². The number of fused-ring (bicyclic) bond motifs is 1. The number of rotatable bonds is 19. The summed E-state index contributed by atoms with van der Waals surface area (Å²) in [6, 6.07) is 11.5. The fraction of sp³-hybridized carbons (Fsp3) is 0.426. The minimum atomic E-state index is -0.457. The number of amidine groups is 1. The average molecular weight is 1350 g/mol. The van der Waals surface area contributed by atoms with E-state index >= 15 is 0 Å². The van der Waals surface area contributed by atoms with Crippen LogP contribution in [0, 0.1) is 10.8 Å². The van der Waals surface area contributed by atoms with Crippen molar-refractivity contribution in [1.82, 2.24) is 16.5 Å². The number of halogens is 2. The molecule has 0 atom stereocenters. The quantitative estimate of drug-likeness (QED) is 0.00539. The van der Waals surface area contributed by atoms with Crippen molar-refractivity contribution in [3.8, 4) is 5.88 Å². The van der Waals surface area contributed by atoms with E-state index in [1.54, 1.807) is 40.7 Å². The number of pyridine rings is 1. The van der Waals surface area contributed by atoms with Gasteiger partial charge in [0, 0.05) is 36.9 Å². The van der Waals surface area contributed by atoms with Gasteiger partial charge >= 0.3 is 130 Å². The zero-order chi connectivity index (χ0) is 64.2. The number of benzene rings is 1. The maximum Gasteiger partial charge on any atom is 1.00 e. The van der Waals surface area contributed by atoms with E-state index in [0.29, 0.717) is 79.7 Å². The summed E-state index contributed by atoms with van der Waals surface area (Å²) in [5.74, 6) is -1.23. The van der Waals surface area contributed by atoms with Crippen LogP contribution in [0.4, 0.5) is 0 Å². The molecule has 89 heavy (non-hydrogen) atoms. The number of ether oxygens (including phenoxy) is 5. The summed E-state index contributed by atoms with van der Waals surface area (Å²) in [7, 11) is 1.27. The van der Waals surface area contributed by atoms with Gasteiger partial charge in [-0.05, 0) is 84.1 Å². The van der Waals surface area contributed by atoms with Gasteiger partial charge < -0.3 is 80.4 Å². The Morgan fingerprint density at radius 3 is 1.65 bits per heavy atom. The molecule has 1 aliphatic carbocycles. The first kappa shape index (κ1) is 112. The first-order chi connectivity index (χ1) is 38.7. The number of nitrogens with two attached hydrogens (primary N) is 3. The standard InChI is InChI=1S/C17H16N2O3.C11H15NO3.2C6H11NO2.C6H10O3.C4H8N2O.C2H6O.2CH2O3.2ClH.H3N.4Na.2H/c1-2-12-8-15(22-10-11-6-4-3-5-7-11)18-13-9-14(20)19-17(21)16(12)13;1-3-7-5-8(13)6-9(12)10(7)11(14)15-4-2;2*1-3-9-6(7)4-5(2)8;1-3-5(7)4-6(8)9-2;1-3(7)2-4(5)6;1-2-3;2*2-1-4-3;;;;;;;;;/h3-8H,2,9-10H2,1H3,(H,19,20,21);5H,3-4,6,12H2,1-2H3;7H,3-4H2,1-2H3;4H,3,7H2,1-2H3;3-4H2,1-2H3;2,7H,1H3,(H3,5,6);3H,2H2,1H3;2*1,3H;2*1H;1H3;;;;;;/q;;;;;;;;;;;;4*+1;2*-1/p-2/b;;;6-4+;;;;;;;;;;;;;;. The monoisotopic (exact) mass is 1340 g/mol. The molecule has 4 rings (SSSR count). The Kier molecular flexibility index (Phi) is 93.3. The average Bonchev–Trinajstić information content (AvgIpc) is 3.40. The fourth-order valence-electron chi connectivity index (χ4n) is 5.49. The molecule has 2 aromatic rings. The summed E-state index contributed by atoms with van der Waals surface area (Å²) >= 11 is 0. The molecule has 0 fully saturated rings. The number of aryl methyl sites for hydroxylation is 1. The van der Waals surface area contributed by atoms with E-state index in [2.05, 4.69) is 24.8 Å². The number of aliphatic hydroxyl groups is 2. The van der Waals surface area contributed by atoms with Crippen LogP contribution in [-0.4, -0.2) is 120 Å². The number of hydrogen-bond acceptors (Lipinski definition) is 27. The van der Waals surface area contributed by atoms with Crippen molar-refractivity contribution < 1.29 is 223 Å². The van der Waals surface area contributed by atoms with Crippen LogP contribution in [0.2, 0.25) is 0 Å². The Balaban J connectivity index is -0.0000000642. The summed E-state index contributed by atoms with van der Waals surface area (Å²) in [4.78, 5) is 115. The topological polar surface area (TPSA) is 508 Å². The van der Waals surface area contributed by atoms with Crippen LogP contribution in [0.25, 0.3) is 0 Å².